The van der Waals surface area contributed by atoms with E-state index in [4.69, 9.17) is 4.74 Å². The molecule has 0 aliphatic heterocycles. The highest BCUT2D eigenvalue weighted by atomic mass is 16.5. The predicted octanol–water partition coefficient (Wildman–Crippen LogP) is 3.76. The SMILES string of the molecule is CC(=O)Oc1ccc(C(C)c2ccccc2)cc1. The zero-order valence-corrected chi connectivity index (χ0v) is 10.6. The fourth-order valence-corrected chi connectivity index (χ4v) is 1.92. The van der Waals surface area contributed by atoms with Crippen LogP contribution in [0.3, 0.4) is 0 Å². The van der Waals surface area contributed by atoms with Gasteiger partial charge < -0.3 is 4.74 Å². The first-order valence-electron chi connectivity index (χ1n) is 6.00. The van der Waals surface area contributed by atoms with Crippen molar-refractivity contribution >= 4 is 5.97 Å². The average Bonchev–Trinajstić information content (AvgIpc) is 2.39. The average molecular weight is 240 g/mol. The summed E-state index contributed by atoms with van der Waals surface area (Å²) < 4.78 is 5.02. The molecule has 0 heterocycles. The van der Waals surface area contributed by atoms with E-state index in [1.165, 1.54) is 18.1 Å². The molecule has 1 unspecified atom stereocenters. The quantitative estimate of drug-likeness (QED) is 0.603. The maximum absolute atomic E-state index is 10.8. The molecule has 0 fully saturated rings. The molecular formula is C16H16O2. The highest BCUT2D eigenvalue weighted by Crippen LogP contribution is 2.25. The van der Waals surface area contributed by atoms with E-state index >= 15 is 0 Å². The van der Waals surface area contributed by atoms with Crippen LogP contribution in [-0.2, 0) is 4.79 Å². The van der Waals surface area contributed by atoms with Gasteiger partial charge in [0.15, 0.2) is 0 Å². The van der Waals surface area contributed by atoms with E-state index in [9.17, 15) is 4.79 Å². The Hall–Kier alpha value is -2.09. The fourth-order valence-electron chi connectivity index (χ4n) is 1.92. The summed E-state index contributed by atoms with van der Waals surface area (Å²) in [4.78, 5) is 10.8. The highest BCUT2D eigenvalue weighted by Gasteiger charge is 2.08. The molecule has 0 aliphatic rings. The van der Waals surface area contributed by atoms with E-state index in [0.717, 1.165) is 0 Å². The lowest BCUT2D eigenvalue weighted by molar-refractivity contribution is -0.131. The summed E-state index contributed by atoms with van der Waals surface area (Å²) in [6.45, 7) is 3.57. The largest absolute Gasteiger partial charge is 0.427 e. The topological polar surface area (TPSA) is 26.3 Å². The molecule has 0 radical (unpaired) electrons. The Morgan fingerprint density at radius 2 is 1.50 bits per heavy atom. The van der Waals surface area contributed by atoms with Crippen LogP contribution in [0, 0.1) is 0 Å². The zero-order chi connectivity index (χ0) is 13.0. The van der Waals surface area contributed by atoms with Crippen LogP contribution in [0.25, 0.3) is 0 Å². The van der Waals surface area contributed by atoms with Crippen molar-refractivity contribution in [1.82, 2.24) is 0 Å². The standard InChI is InChI=1S/C16H16O2/c1-12(14-6-4-3-5-7-14)15-8-10-16(11-9-15)18-13(2)17/h3-12H,1-2H3. The number of hydrogen-bond donors (Lipinski definition) is 0. The molecule has 2 aromatic carbocycles. The van der Waals surface area contributed by atoms with Crippen molar-refractivity contribution in [3.63, 3.8) is 0 Å². The molecule has 0 aliphatic carbocycles. The van der Waals surface area contributed by atoms with Crippen molar-refractivity contribution in [3.8, 4) is 5.75 Å². The molecule has 92 valence electrons. The van der Waals surface area contributed by atoms with Crippen molar-refractivity contribution in [2.45, 2.75) is 19.8 Å². The Balaban J connectivity index is 2.17. The summed E-state index contributed by atoms with van der Waals surface area (Å²) in [5.74, 6) is 0.628. The Morgan fingerprint density at radius 3 is 2.06 bits per heavy atom. The van der Waals surface area contributed by atoms with Gasteiger partial charge in [-0.1, -0.05) is 49.4 Å². The number of ether oxygens (including phenoxy) is 1. The first-order valence-corrected chi connectivity index (χ1v) is 6.00. The van der Waals surface area contributed by atoms with Crippen LogP contribution in [0.4, 0.5) is 0 Å². The summed E-state index contributed by atoms with van der Waals surface area (Å²) in [6.07, 6.45) is 0. The van der Waals surface area contributed by atoms with Crippen LogP contribution in [-0.4, -0.2) is 5.97 Å². The maximum atomic E-state index is 10.8. The van der Waals surface area contributed by atoms with Crippen LogP contribution in [0.15, 0.2) is 54.6 Å². The van der Waals surface area contributed by atoms with Crippen molar-refractivity contribution in [1.29, 1.82) is 0 Å². The van der Waals surface area contributed by atoms with Crippen LogP contribution in [0.2, 0.25) is 0 Å². The molecule has 2 aromatic rings. The van der Waals surface area contributed by atoms with Gasteiger partial charge in [-0.25, -0.2) is 0 Å². The van der Waals surface area contributed by atoms with E-state index in [-0.39, 0.29) is 5.97 Å². The van der Waals surface area contributed by atoms with Crippen LogP contribution < -0.4 is 4.74 Å². The molecule has 2 heteroatoms. The molecule has 0 saturated carbocycles. The van der Waals surface area contributed by atoms with Crippen molar-refractivity contribution in [2.75, 3.05) is 0 Å². The second-order valence-electron chi connectivity index (χ2n) is 4.30. The first-order chi connectivity index (χ1) is 8.66. The lowest BCUT2D eigenvalue weighted by Gasteiger charge is -2.12. The molecule has 0 amide bonds. The molecule has 0 aromatic heterocycles. The first kappa shape index (κ1) is 12.4. The number of hydrogen-bond acceptors (Lipinski definition) is 2. The molecule has 18 heavy (non-hydrogen) atoms. The second-order valence-corrected chi connectivity index (χ2v) is 4.30. The molecule has 0 spiro atoms. The predicted molar refractivity (Wildman–Crippen MR) is 71.7 cm³/mol. The molecule has 0 bridgehead atoms. The molecule has 2 nitrogen and oxygen atoms in total. The molecule has 1 atom stereocenters. The van der Waals surface area contributed by atoms with Gasteiger partial charge in [-0.3, -0.25) is 4.79 Å². The van der Waals surface area contributed by atoms with Crippen LogP contribution in [0.1, 0.15) is 30.9 Å². The third-order valence-electron chi connectivity index (χ3n) is 2.94. The van der Waals surface area contributed by atoms with Gasteiger partial charge in [-0.05, 0) is 23.3 Å². The van der Waals surface area contributed by atoms with Gasteiger partial charge >= 0.3 is 5.97 Å². The number of esters is 1. The van der Waals surface area contributed by atoms with E-state index in [1.54, 1.807) is 0 Å². The number of carbonyl (C=O) groups is 1. The summed E-state index contributed by atoms with van der Waals surface area (Å²) in [5.41, 5.74) is 2.48. The summed E-state index contributed by atoms with van der Waals surface area (Å²) in [6, 6.07) is 18.0. The lowest BCUT2D eigenvalue weighted by Crippen LogP contribution is -2.01. The van der Waals surface area contributed by atoms with Crippen LogP contribution >= 0.6 is 0 Å². The van der Waals surface area contributed by atoms with Gasteiger partial charge in [0.05, 0.1) is 0 Å². The Bertz CT molecular complexity index is 515. The van der Waals surface area contributed by atoms with Crippen LogP contribution in [0.5, 0.6) is 5.75 Å². The summed E-state index contributed by atoms with van der Waals surface area (Å²) >= 11 is 0. The normalized spacial score (nSPS) is 11.9. The second kappa shape index (κ2) is 5.50. The van der Waals surface area contributed by atoms with Gasteiger partial charge in [0, 0.05) is 12.8 Å². The van der Waals surface area contributed by atoms with Gasteiger partial charge in [-0.2, -0.15) is 0 Å². The van der Waals surface area contributed by atoms with Gasteiger partial charge in [0.25, 0.3) is 0 Å². The Labute approximate surface area is 107 Å². The van der Waals surface area contributed by atoms with E-state index in [0.29, 0.717) is 11.7 Å². The molecule has 0 saturated heterocycles. The minimum absolute atomic E-state index is 0.293. The smallest absolute Gasteiger partial charge is 0.308 e. The molecule has 0 N–H and O–H groups in total. The van der Waals surface area contributed by atoms with Crippen molar-refractivity contribution < 1.29 is 9.53 Å². The van der Waals surface area contributed by atoms with E-state index in [2.05, 4.69) is 19.1 Å². The minimum Gasteiger partial charge on any atom is -0.427 e. The summed E-state index contributed by atoms with van der Waals surface area (Å²) in [5, 5.41) is 0. The number of carbonyl (C=O) groups excluding carboxylic acids is 1. The van der Waals surface area contributed by atoms with Crippen molar-refractivity contribution in [2.24, 2.45) is 0 Å². The third-order valence-corrected chi connectivity index (χ3v) is 2.94. The fraction of sp³-hybridized carbons (Fsp3) is 0.188. The van der Waals surface area contributed by atoms with Gasteiger partial charge in [0.1, 0.15) is 5.75 Å². The monoisotopic (exact) mass is 240 g/mol. The number of rotatable bonds is 3. The maximum Gasteiger partial charge on any atom is 0.308 e. The molecule has 2 rings (SSSR count). The van der Waals surface area contributed by atoms with E-state index < -0.39 is 0 Å². The minimum atomic E-state index is -0.293. The third kappa shape index (κ3) is 2.98. The number of benzene rings is 2. The Morgan fingerprint density at radius 1 is 0.944 bits per heavy atom. The zero-order valence-electron chi connectivity index (χ0n) is 10.6. The Kier molecular flexibility index (Phi) is 3.78. The van der Waals surface area contributed by atoms with Gasteiger partial charge in [0.2, 0.25) is 0 Å². The summed E-state index contributed by atoms with van der Waals surface area (Å²) in [7, 11) is 0. The van der Waals surface area contributed by atoms with Crippen molar-refractivity contribution in [3.05, 3.63) is 65.7 Å². The van der Waals surface area contributed by atoms with E-state index in [1.807, 2.05) is 42.5 Å². The molecular weight excluding hydrogens is 224 g/mol. The van der Waals surface area contributed by atoms with Gasteiger partial charge in [-0.15, -0.1) is 0 Å². The highest BCUT2D eigenvalue weighted by molar-refractivity contribution is 5.69. The lowest BCUT2D eigenvalue weighted by atomic mass is 9.93.